The fourth-order valence-corrected chi connectivity index (χ4v) is 4.15. The zero-order valence-electron chi connectivity index (χ0n) is 18.3. The third-order valence-electron chi connectivity index (χ3n) is 5.76. The Hall–Kier alpha value is -3.02. The summed E-state index contributed by atoms with van der Waals surface area (Å²) in [7, 11) is 0. The van der Waals surface area contributed by atoms with E-state index in [1.807, 2.05) is 4.90 Å². The molecule has 0 unspecified atom stereocenters. The normalized spacial score (nSPS) is 15.7. The number of nitrogens with one attached hydrogen (secondary N) is 2. The average molecular weight is 421 g/mol. The number of aliphatic imine (C=N–C) groups is 1. The zero-order chi connectivity index (χ0) is 21.5. The third kappa shape index (κ3) is 5.78. The topological polar surface area (TPSA) is 66.0 Å². The fraction of sp³-hybridized carbons (Fsp3) is 0.440. The van der Waals surface area contributed by atoms with Gasteiger partial charge in [0.05, 0.1) is 13.2 Å². The van der Waals surface area contributed by atoms with Crippen LogP contribution in [0, 0.1) is 0 Å². The van der Waals surface area contributed by atoms with Crippen LogP contribution in [0.25, 0.3) is 0 Å². The summed E-state index contributed by atoms with van der Waals surface area (Å²) in [6.07, 6.45) is 3.60. The van der Waals surface area contributed by atoms with Gasteiger partial charge in [-0.2, -0.15) is 0 Å². The molecule has 164 valence electrons. The Morgan fingerprint density at radius 3 is 2.84 bits per heavy atom. The standard InChI is InChI=1S/C25H32N4O2/c1-2-26-25(27-12-10-19-8-9-23-22(16-19)11-14-31-23)28-17-20-5-3-6-21(15-20)18-29-13-4-7-24(29)30/h3,5-6,8-9,15-16H,2,4,7,10-14,17-18H2,1H3,(H2,26,27,28). The maximum absolute atomic E-state index is 11.9. The van der Waals surface area contributed by atoms with E-state index in [0.29, 0.717) is 19.5 Å². The van der Waals surface area contributed by atoms with Crippen molar-refractivity contribution >= 4 is 11.9 Å². The first kappa shape index (κ1) is 21.2. The predicted molar refractivity (Wildman–Crippen MR) is 123 cm³/mol. The summed E-state index contributed by atoms with van der Waals surface area (Å²) in [5.74, 6) is 2.12. The largest absolute Gasteiger partial charge is 0.493 e. The molecule has 6 nitrogen and oxygen atoms in total. The molecule has 2 aromatic rings. The molecule has 6 heteroatoms. The molecule has 0 spiro atoms. The maximum Gasteiger partial charge on any atom is 0.222 e. The van der Waals surface area contributed by atoms with Gasteiger partial charge in [-0.3, -0.25) is 4.79 Å². The smallest absolute Gasteiger partial charge is 0.222 e. The van der Waals surface area contributed by atoms with Crippen LogP contribution in [0.4, 0.5) is 0 Å². The Morgan fingerprint density at radius 2 is 2.00 bits per heavy atom. The minimum atomic E-state index is 0.262. The van der Waals surface area contributed by atoms with Crippen LogP contribution in [0.5, 0.6) is 5.75 Å². The second-order valence-corrected chi connectivity index (χ2v) is 8.15. The van der Waals surface area contributed by atoms with Gasteiger partial charge in [-0.15, -0.1) is 0 Å². The number of rotatable bonds is 8. The number of benzene rings is 2. The highest BCUT2D eigenvalue weighted by molar-refractivity contribution is 5.79. The Morgan fingerprint density at radius 1 is 1.10 bits per heavy atom. The molecule has 2 aromatic carbocycles. The van der Waals surface area contributed by atoms with E-state index in [0.717, 1.165) is 62.8 Å². The van der Waals surface area contributed by atoms with Gasteiger partial charge in [0.25, 0.3) is 0 Å². The van der Waals surface area contributed by atoms with Crippen molar-refractivity contribution in [1.82, 2.24) is 15.5 Å². The molecule has 4 rings (SSSR count). The average Bonchev–Trinajstić information content (AvgIpc) is 3.41. The van der Waals surface area contributed by atoms with Gasteiger partial charge < -0.3 is 20.3 Å². The molecule has 0 bridgehead atoms. The molecule has 2 N–H and O–H groups in total. The van der Waals surface area contributed by atoms with Gasteiger partial charge in [0.1, 0.15) is 5.75 Å². The van der Waals surface area contributed by atoms with E-state index in [9.17, 15) is 4.79 Å². The third-order valence-corrected chi connectivity index (χ3v) is 5.76. The number of fused-ring (bicyclic) bond motifs is 1. The Kier molecular flexibility index (Phi) is 7.07. The van der Waals surface area contributed by atoms with Gasteiger partial charge in [-0.05, 0) is 48.1 Å². The number of carbonyl (C=O) groups excluding carboxylic acids is 1. The first-order chi connectivity index (χ1) is 15.2. The summed E-state index contributed by atoms with van der Waals surface area (Å²) in [6.45, 7) is 6.68. The number of hydrogen-bond acceptors (Lipinski definition) is 3. The van der Waals surface area contributed by atoms with Crippen LogP contribution < -0.4 is 15.4 Å². The highest BCUT2D eigenvalue weighted by Crippen LogP contribution is 2.25. The number of hydrogen-bond donors (Lipinski definition) is 2. The van der Waals surface area contributed by atoms with Crippen molar-refractivity contribution in [2.45, 2.75) is 45.7 Å². The maximum atomic E-state index is 11.9. The highest BCUT2D eigenvalue weighted by Gasteiger charge is 2.19. The molecule has 31 heavy (non-hydrogen) atoms. The first-order valence-electron chi connectivity index (χ1n) is 11.3. The van der Waals surface area contributed by atoms with Gasteiger partial charge in [-0.25, -0.2) is 4.99 Å². The summed E-state index contributed by atoms with van der Waals surface area (Å²) in [6, 6.07) is 14.9. The predicted octanol–water partition coefficient (Wildman–Crippen LogP) is 3.04. The van der Waals surface area contributed by atoms with E-state index in [4.69, 9.17) is 9.73 Å². The lowest BCUT2D eigenvalue weighted by atomic mass is 10.1. The number of guanidine groups is 1. The van der Waals surface area contributed by atoms with E-state index in [-0.39, 0.29) is 5.91 Å². The molecule has 1 amide bonds. The van der Waals surface area contributed by atoms with Crippen LogP contribution in [0.15, 0.2) is 47.5 Å². The summed E-state index contributed by atoms with van der Waals surface area (Å²) in [4.78, 5) is 18.6. The van der Waals surface area contributed by atoms with Crippen LogP contribution in [0.2, 0.25) is 0 Å². The summed E-state index contributed by atoms with van der Waals surface area (Å²) in [5, 5.41) is 6.77. The summed E-state index contributed by atoms with van der Waals surface area (Å²) in [5.41, 5.74) is 4.95. The summed E-state index contributed by atoms with van der Waals surface area (Å²) < 4.78 is 5.59. The van der Waals surface area contributed by atoms with Crippen LogP contribution in [-0.2, 0) is 30.7 Å². The van der Waals surface area contributed by atoms with Crippen molar-refractivity contribution < 1.29 is 9.53 Å². The van der Waals surface area contributed by atoms with Crippen molar-refractivity contribution in [3.8, 4) is 5.75 Å². The van der Waals surface area contributed by atoms with Crippen molar-refractivity contribution in [1.29, 1.82) is 0 Å². The molecule has 2 heterocycles. The minimum Gasteiger partial charge on any atom is -0.493 e. The highest BCUT2D eigenvalue weighted by atomic mass is 16.5. The lowest BCUT2D eigenvalue weighted by Crippen LogP contribution is -2.38. The van der Waals surface area contributed by atoms with E-state index in [1.54, 1.807) is 0 Å². The van der Waals surface area contributed by atoms with Crippen molar-refractivity contribution in [2.75, 3.05) is 26.2 Å². The molecule has 0 radical (unpaired) electrons. The van der Waals surface area contributed by atoms with Gasteiger partial charge in [-0.1, -0.05) is 36.4 Å². The van der Waals surface area contributed by atoms with Gasteiger partial charge in [0.15, 0.2) is 5.96 Å². The molecule has 0 aromatic heterocycles. The van der Waals surface area contributed by atoms with Crippen LogP contribution >= 0.6 is 0 Å². The molecule has 1 saturated heterocycles. The second-order valence-electron chi connectivity index (χ2n) is 8.15. The molecule has 1 fully saturated rings. The zero-order valence-corrected chi connectivity index (χ0v) is 18.3. The molecule has 0 aliphatic carbocycles. The van der Waals surface area contributed by atoms with E-state index < -0.39 is 0 Å². The first-order valence-corrected chi connectivity index (χ1v) is 11.3. The Balaban J connectivity index is 1.31. The van der Waals surface area contributed by atoms with Crippen LogP contribution in [-0.4, -0.2) is 43.0 Å². The van der Waals surface area contributed by atoms with Crippen molar-refractivity contribution in [3.05, 3.63) is 64.7 Å². The van der Waals surface area contributed by atoms with Crippen molar-refractivity contribution in [3.63, 3.8) is 0 Å². The monoisotopic (exact) mass is 420 g/mol. The second kappa shape index (κ2) is 10.3. The lowest BCUT2D eigenvalue weighted by Gasteiger charge is -2.16. The molecular weight excluding hydrogens is 388 g/mol. The SMILES string of the molecule is CCNC(=NCc1cccc(CN2CCCC2=O)c1)NCCc1ccc2c(c1)CCO2. The van der Waals surface area contributed by atoms with E-state index >= 15 is 0 Å². The molecule has 2 aliphatic heterocycles. The minimum absolute atomic E-state index is 0.262. The lowest BCUT2D eigenvalue weighted by molar-refractivity contribution is -0.128. The Bertz CT molecular complexity index is 941. The number of nitrogens with zero attached hydrogens (tertiary/aromatic N) is 2. The molecule has 0 saturated carbocycles. The fourth-order valence-electron chi connectivity index (χ4n) is 4.15. The quantitative estimate of drug-likeness (QED) is 0.509. The van der Waals surface area contributed by atoms with E-state index in [1.165, 1.54) is 16.7 Å². The number of ether oxygens (including phenoxy) is 1. The van der Waals surface area contributed by atoms with Gasteiger partial charge in [0.2, 0.25) is 5.91 Å². The number of carbonyl (C=O) groups is 1. The summed E-state index contributed by atoms with van der Waals surface area (Å²) >= 11 is 0. The van der Waals surface area contributed by atoms with Crippen LogP contribution in [0.1, 0.15) is 42.0 Å². The van der Waals surface area contributed by atoms with Crippen molar-refractivity contribution in [2.24, 2.45) is 4.99 Å². The van der Waals surface area contributed by atoms with Crippen LogP contribution in [0.3, 0.4) is 0 Å². The van der Waals surface area contributed by atoms with E-state index in [2.05, 4.69) is 60.0 Å². The number of amides is 1. The Labute approximate surface area is 184 Å². The van der Waals surface area contributed by atoms with Gasteiger partial charge in [0, 0.05) is 39.0 Å². The van der Waals surface area contributed by atoms with Gasteiger partial charge >= 0.3 is 0 Å². The molecule has 2 aliphatic rings. The number of likely N-dealkylation sites (tertiary alicyclic amines) is 1. The molecule has 0 atom stereocenters. The molecular formula is C25H32N4O2.